The van der Waals surface area contributed by atoms with Gasteiger partial charge in [-0.05, 0) is 51.8 Å². The topological polar surface area (TPSA) is 34.0 Å². The monoisotopic (exact) mass is 268 g/mol. The maximum absolute atomic E-state index is 12.4. The molecule has 3 nitrogen and oxygen atoms in total. The number of carbonyl (C=O) groups excluding carboxylic acids is 1. The summed E-state index contributed by atoms with van der Waals surface area (Å²) in [6.07, 6.45) is 2.46. The SMILES string of the molecule is Cc1ccc(NC(=O)c2cc(C)n(C3CC3)c2C)cc1. The summed E-state index contributed by atoms with van der Waals surface area (Å²) in [5.41, 5.74) is 5.08. The molecule has 1 saturated carbocycles. The van der Waals surface area contributed by atoms with Crippen LogP contribution >= 0.6 is 0 Å². The summed E-state index contributed by atoms with van der Waals surface area (Å²) in [5, 5.41) is 2.97. The molecule has 0 radical (unpaired) electrons. The number of hydrogen-bond donors (Lipinski definition) is 1. The van der Waals surface area contributed by atoms with Crippen molar-refractivity contribution in [2.24, 2.45) is 0 Å². The van der Waals surface area contributed by atoms with Crippen molar-refractivity contribution < 1.29 is 4.79 Å². The first-order valence-corrected chi connectivity index (χ1v) is 7.12. The van der Waals surface area contributed by atoms with E-state index in [1.165, 1.54) is 24.1 Å². The first-order chi connectivity index (χ1) is 9.56. The van der Waals surface area contributed by atoms with Crippen molar-refractivity contribution in [1.82, 2.24) is 4.57 Å². The second-order valence-electron chi connectivity index (χ2n) is 5.71. The molecule has 1 aliphatic rings. The fraction of sp³-hybridized carbons (Fsp3) is 0.353. The van der Waals surface area contributed by atoms with E-state index in [4.69, 9.17) is 0 Å². The molecule has 1 fully saturated rings. The third kappa shape index (κ3) is 2.36. The minimum absolute atomic E-state index is 0.0196. The molecule has 2 aromatic rings. The van der Waals surface area contributed by atoms with Gasteiger partial charge in [0.15, 0.2) is 0 Å². The van der Waals surface area contributed by atoms with E-state index in [1.807, 2.05) is 44.2 Å². The van der Waals surface area contributed by atoms with E-state index in [0.717, 1.165) is 16.9 Å². The molecule has 20 heavy (non-hydrogen) atoms. The molecule has 1 heterocycles. The fourth-order valence-corrected chi connectivity index (χ4v) is 2.74. The highest BCUT2D eigenvalue weighted by Gasteiger charge is 2.28. The first kappa shape index (κ1) is 13.0. The van der Waals surface area contributed by atoms with E-state index in [-0.39, 0.29) is 5.91 Å². The molecule has 3 rings (SSSR count). The Labute approximate surface area is 119 Å². The Morgan fingerprint density at radius 1 is 1.15 bits per heavy atom. The van der Waals surface area contributed by atoms with Crippen molar-refractivity contribution in [1.29, 1.82) is 0 Å². The molecule has 1 amide bonds. The Bertz CT molecular complexity index is 648. The van der Waals surface area contributed by atoms with Crippen LogP contribution in [-0.4, -0.2) is 10.5 Å². The first-order valence-electron chi connectivity index (χ1n) is 7.12. The summed E-state index contributed by atoms with van der Waals surface area (Å²) in [6, 6.07) is 10.5. The average Bonchev–Trinajstić information content (AvgIpc) is 3.19. The lowest BCUT2D eigenvalue weighted by Crippen LogP contribution is -2.13. The number of aryl methyl sites for hydroxylation is 2. The number of rotatable bonds is 3. The quantitative estimate of drug-likeness (QED) is 0.897. The van der Waals surface area contributed by atoms with Gasteiger partial charge >= 0.3 is 0 Å². The van der Waals surface area contributed by atoms with E-state index in [1.54, 1.807) is 0 Å². The Hall–Kier alpha value is -2.03. The van der Waals surface area contributed by atoms with E-state index in [2.05, 4.69) is 16.8 Å². The number of benzene rings is 1. The van der Waals surface area contributed by atoms with Crippen LogP contribution in [-0.2, 0) is 0 Å². The summed E-state index contributed by atoms with van der Waals surface area (Å²) < 4.78 is 2.30. The van der Waals surface area contributed by atoms with Crippen LogP contribution in [0.2, 0.25) is 0 Å². The molecule has 0 spiro atoms. The summed E-state index contributed by atoms with van der Waals surface area (Å²) in [4.78, 5) is 12.4. The van der Waals surface area contributed by atoms with Crippen LogP contribution in [0, 0.1) is 20.8 Å². The zero-order chi connectivity index (χ0) is 14.3. The number of anilines is 1. The summed E-state index contributed by atoms with van der Waals surface area (Å²) in [7, 11) is 0. The Morgan fingerprint density at radius 2 is 1.80 bits per heavy atom. The number of aromatic nitrogens is 1. The van der Waals surface area contributed by atoms with Crippen LogP contribution in [0.15, 0.2) is 30.3 Å². The third-order valence-corrected chi connectivity index (χ3v) is 3.95. The highest BCUT2D eigenvalue weighted by Crippen LogP contribution is 2.38. The van der Waals surface area contributed by atoms with Gasteiger partial charge in [0, 0.05) is 23.1 Å². The van der Waals surface area contributed by atoms with Gasteiger partial charge < -0.3 is 9.88 Å². The second-order valence-corrected chi connectivity index (χ2v) is 5.71. The smallest absolute Gasteiger partial charge is 0.257 e. The molecule has 1 aromatic carbocycles. The molecule has 0 unspecified atom stereocenters. The van der Waals surface area contributed by atoms with Gasteiger partial charge in [-0.1, -0.05) is 17.7 Å². The molecule has 104 valence electrons. The number of amides is 1. The van der Waals surface area contributed by atoms with Gasteiger partial charge in [0.25, 0.3) is 5.91 Å². The van der Waals surface area contributed by atoms with Crippen molar-refractivity contribution in [3.8, 4) is 0 Å². The Kier molecular flexibility index (Phi) is 3.13. The van der Waals surface area contributed by atoms with E-state index < -0.39 is 0 Å². The van der Waals surface area contributed by atoms with Crippen molar-refractivity contribution >= 4 is 11.6 Å². The van der Waals surface area contributed by atoms with E-state index in [0.29, 0.717) is 6.04 Å². The van der Waals surface area contributed by atoms with Crippen molar-refractivity contribution in [2.45, 2.75) is 39.7 Å². The molecule has 0 aliphatic heterocycles. The van der Waals surface area contributed by atoms with Crippen LogP contribution in [0.3, 0.4) is 0 Å². The molecule has 3 heteroatoms. The number of hydrogen-bond acceptors (Lipinski definition) is 1. The molecular weight excluding hydrogens is 248 g/mol. The highest BCUT2D eigenvalue weighted by atomic mass is 16.1. The van der Waals surface area contributed by atoms with Crippen LogP contribution in [0.25, 0.3) is 0 Å². The fourth-order valence-electron chi connectivity index (χ4n) is 2.74. The maximum atomic E-state index is 12.4. The summed E-state index contributed by atoms with van der Waals surface area (Å²) in [5.74, 6) is -0.0196. The van der Waals surface area contributed by atoms with Crippen molar-refractivity contribution in [3.63, 3.8) is 0 Å². The Balaban J connectivity index is 1.83. The van der Waals surface area contributed by atoms with Gasteiger partial charge in [0.1, 0.15) is 0 Å². The molecule has 0 saturated heterocycles. The lowest BCUT2D eigenvalue weighted by molar-refractivity contribution is 0.102. The summed E-state index contributed by atoms with van der Waals surface area (Å²) in [6.45, 7) is 6.15. The minimum Gasteiger partial charge on any atom is -0.345 e. The Morgan fingerprint density at radius 3 is 2.40 bits per heavy atom. The molecule has 1 N–H and O–H groups in total. The van der Waals surface area contributed by atoms with E-state index in [9.17, 15) is 4.79 Å². The predicted octanol–water partition coefficient (Wildman–Crippen LogP) is 4.00. The number of carbonyl (C=O) groups is 1. The van der Waals surface area contributed by atoms with Gasteiger partial charge in [-0.25, -0.2) is 0 Å². The number of nitrogens with one attached hydrogen (secondary N) is 1. The largest absolute Gasteiger partial charge is 0.345 e. The zero-order valence-electron chi connectivity index (χ0n) is 12.2. The van der Waals surface area contributed by atoms with Gasteiger partial charge in [-0.3, -0.25) is 4.79 Å². The van der Waals surface area contributed by atoms with Crippen molar-refractivity contribution in [3.05, 3.63) is 52.8 Å². The summed E-state index contributed by atoms with van der Waals surface area (Å²) >= 11 is 0. The third-order valence-electron chi connectivity index (χ3n) is 3.95. The highest BCUT2D eigenvalue weighted by molar-refractivity contribution is 6.05. The average molecular weight is 268 g/mol. The van der Waals surface area contributed by atoms with E-state index >= 15 is 0 Å². The van der Waals surface area contributed by atoms with Crippen LogP contribution in [0.4, 0.5) is 5.69 Å². The molecule has 1 aromatic heterocycles. The minimum atomic E-state index is -0.0196. The molecule has 0 bridgehead atoms. The molecular formula is C17H20N2O. The van der Waals surface area contributed by atoms with Gasteiger partial charge in [0.2, 0.25) is 0 Å². The number of nitrogens with zero attached hydrogens (tertiary/aromatic N) is 1. The second kappa shape index (κ2) is 4.82. The van der Waals surface area contributed by atoms with Crippen molar-refractivity contribution in [2.75, 3.05) is 5.32 Å². The molecule has 0 atom stereocenters. The van der Waals surface area contributed by atoms with Crippen LogP contribution < -0.4 is 5.32 Å². The van der Waals surface area contributed by atoms with Gasteiger partial charge in [0.05, 0.1) is 5.56 Å². The van der Waals surface area contributed by atoms with Gasteiger partial charge in [-0.2, -0.15) is 0 Å². The van der Waals surface area contributed by atoms with Crippen LogP contribution in [0.1, 0.15) is 46.2 Å². The van der Waals surface area contributed by atoms with Crippen LogP contribution in [0.5, 0.6) is 0 Å². The lowest BCUT2D eigenvalue weighted by Gasteiger charge is -2.08. The maximum Gasteiger partial charge on any atom is 0.257 e. The lowest BCUT2D eigenvalue weighted by atomic mass is 10.2. The standard InChI is InChI=1S/C17H20N2O/c1-11-4-6-14(7-5-11)18-17(20)16-10-12(2)19(13(16)3)15-8-9-15/h4-7,10,15H,8-9H2,1-3H3,(H,18,20). The molecule has 1 aliphatic carbocycles. The zero-order valence-corrected chi connectivity index (χ0v) is 12.2. The normalized spacial score (nSPS) is 14.3. The predicted molar refractivity (Wildman–Crippen MR) is 81.3 cm³/mol. The van der Waals surface area contributed by atoms with Gasteiger partial charge in [-0.15, -0.1) is 0 Å².